The van der Waals surface area contributed by atoms with Gasteiger partial charge in [0.2, 0.25) is 6.79 Å². The molecule has 0 bridgehead atoms. The van der Waals surface area contributed by atoms with Gasteiger partial charge in [-0.05, 0) is 35.9 Å². The molecule has 30 heavy (non-hydrogen) atoms. The fourth-order valence-electron chi connectivity index (χ4n) is 3.12. The van der Waals surface area contributed by atoms with Gasteiger partial charge in [0.1, 0.15) is 5.56 Å². The number of pyridine rings is 1. The number of anilines is 1. The first-order chi connectivity index (χ1) is 14.7. The SMILES string of the molecule is O=C(Nc1nc(-c2ccc3c(c2)OCO3)cs1)c1ccc(-c2ccccc2)[nH]c1=O. The van der Waals surface area contributed by atoms with Gasteiger partial charge in [0, 0.05) is 16.6 Å². The number of H-pyrrole nitrogens is 1. The van der Waals surface area contributed by atoms with Crippen molar-refractivity contribution in [1.82, 2.24) is 9.97 Å². The lowest BCUT2D eigenvalue weighted by Gasteiger charge is -2.04. The Hall–Kier alpha value is -3.91. The zero-order valence-electron chi connectivity index (χ0n) is 15.5. The number of hydrogen-bond donors (Lipinski definition) is 2. The number of amides is 1. The average Bonchev–Trinajstić information content (AvgIpc) is 3.43. The van der Waals surface area contributed by atoms with Gasteiger partial charge >= 0.3 is 0 Å². The van der Waals surface area contributed by atoms with Crippen LogP contribution < -0.4 is 20.3 Å². The fraction of sp³-hybridized carbons (Fsp3) is 0.0455. The molecule has 8 heteroatoms. The average molecular weight is 417 g/mol. The Morgan fingerprint density at radius 1 is 1.00 bits per heavy atom. The van der Waals surface area contributed by atoms with Crippen molar-refractivity contribution in [1.29, 1.82) is 0 Å². The number of carbonyl (C=O) groups excluding carboxylic acids is 1. The number of benzene rings is 2. The molecule has 2 N–H and O–H groups in total. The molecule has 0 saturated heterocycles. The molecule has 0 aliphatic carbocycles. The Morgan fingerprint density at radius 2 is 1.83 bits per heavy atom. The molecule has 0 fully saturated rings. The van der Waals surface area contributed by atoms with Crippen molar-refractivity contribution in [3.05, 3.63) is 82.0 Å². The van der Waals surface area contributed by atoms with E-state index in [-0.39, 0.29) is 12.4 Å². The van der Waals surface area contributed by atoms with E-state index in [0.717, 1.165) is 11.1 Å². The number of ether oxygens (including phenoxy) is 2. The standard InChI is InChI=1S/C22H15N3O4S/c26-20-15(7-8-16(23-20)13-4-2-1-3-5-13)21(27)25-22-24-17(11-30-22)14-6-9-18-19(10-14)29-12-28-18/h1-11H,12H2,(H,23,26)(H,24,25,27). The molecule has 1 aliphatic rings. The third-order valence-electron chi connectivity index (χ3n) is 4.63. The van der Waals surface area contributed by atoms with Crippen LogP contribution in [-0.4, -0.2) is 22.7 Å². The Kier molecular flexibility index (Phi) is 4.53. The topological polar surface area (TPSA) is 93.3 Å². The van der Waals surface area contributed by atoms with Gasteiger partial charge < -0.3 is 14.5 Å². The second-order valence-electron chi connectivity index (χ2n) is 6.54. The minimum Gasteiger partial charge on any atom is -0.454 e. The van der Waals surface area contributed by atoms with Crippen LogP contribution in [0.1, 0.15) is 10.4 Å². The predicted octanol–water partition coefficient (Wildman–Crippen LogP) is 4.15. The number of thiazole rings is 1. The van der Waals surface area contributed by atoms with E-state index in [1.807, 2.05) is 53.9 Å². The number of aromatic amines is 1. The minimum atomic E-state index is -0.512. The summed E-state index contributed by atoms with van der Waals surface area (Å²) >= 11 is 1.28. The Bertz CT molecular complexity index is 1300. The summed E-state index contributed by atoms with van der Waals surface area (Å²) < 4.78 is 10.7. The monoisotopic (exact) mass is 417 g/mol. The fourth-order valence-corrected chi connectivity index (χ4v) is 3.84. The first-order valence-electron chi connectivity index (χ1n) is 9.13. The molecule has 1 aliphatic heterocycles. The molecule has 2 aromatic carbocycles. The highest BCUT2D eigenvalue weighted by Gasteiger charge is 2.17. The summed E-state index contributed by atoms with van der Waals surface area (Å²) in [5.41, 5.74) is 2.63. The summed E-state index contributed by atoms with van der Waals surface area (Å²) in [6, 6.07) is 18.2. The summed E-state index contributed by atoms with van der Waals surface area (Å²) in [5, 5.41) is 4.92. The summed E-state index contributed by atoms with van der Waals surface area (Å²) in [5.74, 6) is 0.847. The first-order valence-corrected chi connectivity index (χ1v) is 10.0. The van der Waals surface area contributed by atoms with Gasteiger partial charge in [-0.25, -0.2) is 4.98 Å². The molecule has 7 nitrogen and oxygen atoms in total. The van der Waals surface area contributed by atoms with E-state index in [9.17, 15) is 9.59 Å². The van der Waals surface area contributed by atoms with Crippen molar-refractivity contribution in [3.63, 3.8) is 0 Å². The van der Waals surface area contributed by atoms with Crippen LogP contribution in [0.3, 0.4) is 0 Å². The molecular formula is C22H15N3O4S. The number of carbonyl (C=O) groups is 1. The zero-order chi connectivity index (χ0) is 20.5. The summed E-state index contributed by atoms with van der Waals surface area (Å²) in [6.45, 7) is 0.203. The normalized spacial score (nSPS) is 12.0. The number of nitrogens with zero attached hydrogens (tertiary/aromatic N) is 1. The molecule has 1 amide bonds. The van der Waals surface area contributed by atoms with Gasteiger partial charge in [-0.3, -0.25) is 14.9 Å². The minimum absolute atomic E-state index is 0.0227. The molecule has 0 saturated carbocycles. The lowest BCUT2D eigenvalue weighted by Crippen LogP contribution is -2.23. The highest BCUT2D eigenvalue weighted by Crippen LogP contribution is 2.36. The number of rotatable bonds is 4. The van der Waals surface area contributed by atoms with Crippen LogP contribution in [0.2, 0.25) is 0 Å². The van der Waals surface area contributed by atoms with Crippen LogP contribution in [0.4, 0.5) is 5.13 Å². The third-order valence-corrected chi connectivity index (χ3v) is 5.39. The van der Waals surface area contributed by atoms with Crippen molar-refractivity contribution >= 4 is 22.4 Å². The van der Waals surface area contributed by atoms with E-state index in [1.165, 1.54) is 17.4 Å². The van der Waals surface area contributed by atoms with Gasteiger partial charge in [0.25, 0.3) is 11.5 Å². The van der Waals surface area contributed by atoms with Crippen molar-refractivity contribution in [2.45, 2.75) is 0 Å². The molecule has 0 spiro atoms. The molecule has 4 aromatic rings. The van der Waals surface area contributed by atoms with E-state index < -0.39 is 11.5 Å². The Balaban J connectivity index is 1.34. The molecule has 0 atom stereocenters. The molecule has 0 unspecified atom stereocenters. The predicted molar refractivity (Wildman–Crippen MR) is 114 cm³/mol. The molecule has 5 rings (SSSR count). The Labute approximate surface area is 175 Å². The number of nitrogens with one attached hydrogen (secondary N) is 2. The van der Waals surface area contributed by atoms with Crippen LogP contribution in [0.5, 0.6) is 11.5 Å². The maximum atomic E-state index is 12.6. The van der Waals surface area contributed by atoms with Crippen LogP contribution in [0.25, 0.3) is 22.5 Å². The van der Waals surface area contributed by atoms with Crippen molar-refractivity contribution < 1.29 is 14.3 Å². The highest BCUT2D eigenvalue weighted by molar-refractivity contribution is 7.14. The molecule has 0 radical (unpaired) electrons. The largest absolute Gasteiger partial charge is 0.454 e. The second kappa shape index (κ2) is 7.49. The zero-order valence-corrected chi connectivity index (χ0v) is 16.4. The van der Waals surface area contributed by atoms with E-state index in [0.29, 0.717) is 28.0 Å². The van der Waals surface area contributed by atoms with Gasteiger partial charge in [0.05, 0.1) is 5.69 Å². The molecular weight excluding hydrogens is 402 g/mol. The van der Waals surface area contributed by atoms with E-state index in [2.05, 4.69) is 15.3 Å². The maximum Gasteiger partial charge on any atom is 0.263 e. The van der Waals surface area contributed by atoms with Crippen molar-refractivity contribution in [2.75, 3.05) is 12.1 Å². The molecule has 3 heterocycles. The van der Waals surface area contributed by atoms with E-state index >= 15 is 0 Å². The van der Waals surface area contributed by atoms with Crippen LogP contribution in [0, 0.1) is 0 Å². The lowest BCUT2D eigenvalue weighted by molar-refractivity contribution is 0.102. The summed E-state index contributed by atoms with van der Waals surface area (Å²) in [6.07, 6.45) is 0. The van der Waals surface area contributed by atoms with Crippen molar-refractivity contribution in [2.24, 2.45) is 0 Å². The molecule has 2 aromatic heterocycles. The van der Waals surface area contributed by atoms with Gasteiger partial charge in [0.15, 0.2) is 16.6 Å². The summed E-state index contributed by atoms with van der Waals surface area (Å²) in [7, 11) is 0. The maximum absolute atomic E-state index is 12.6. The quantitative estimate of drug-likeness (QED) is 0.520. The van der Waals surface area contributed by atoms with Gasteiger partial charge in [-0.1, -0.05) is 30.3 Å². The van der Waals surface area contributed by atoms with Crippen LogP contribution in [-0.2, 0) is 0 Å². The van der Waals surface area contributed by atoms with Crippen LogP contribution >= 0.6 is 11.3 Å². The summed E-state index contributed by atoms with van der Waals surface area (Å²) in [4.78, 5) is 32.2. The van der Waals surface area contributed by atoms with Gasteiger partial charge in [-0.15, -0.1) is 11.3 Å². The van der Waals surface area contributed by atoms with E-state index in [1.54, 1.807) is 6.07 Å². The Morgan fingerprint density at radius 3 is 2.67 bits per heavy atom. The van der Waals surface area contributed by atoms with Crippen LogP contribution in [0.15, 0.2) is 70.8 Å². The number of hydrogen-bond acceptors (Lipinski definition) is 6. The third kappa shape index (κ3) is 3.44. The number of fused-ring (bicyclic) bond motifs is 1. The second-order valence-corrected chi connectivity index (χ2v) is 7.40. The lowest BCUT2D eigenvalue weighted by atomic mass is 10.1. The van der Waals surface area contributed by atoms with E-state index in [4.69, 9.17) is 9.47 Å². The first kappa shape index (κ1) is 18.1. The molecule has 148 valence electrons. The number of aromatic nitrogens is 2. The highest BCUT2D eigenvalue weighted by atomic mass is 32.1. The van der Waals surface area contributed by atoms with Crippen molar-refractivity contribution in [3.8, 4) is 34.0 Å². The smallest absolute Gasteiger partial charge is 0.263 e. The van der Waals surface area contributed by atoms with Gasteiger partial charge in [-0.2, -0.15) is 0 Å².